The molecule has 0 atom stereocenters. The van der Waals surface area contributed by atoms with Crippen LogP contribution >= 0.6 is 22.5 Å². The van der Waals surface area contributed by atoms with Crippen molar-refractivity contribution in [3.63, 3.8) is 0 Å². The fourth-order valence-corrected chi connectivity index (χ4v) is 0. The second-order valence-corrected chi connectivity index (χ2v) is 3.17. The van der Waals surface area contributed by atoms with E-state index in [9.17, 15) is 0 Å². The quantitative estimate of drug-likeness (QED) is 0.329. The van der Waals surface area contributed by atoms with Gasteiger partial charge < -0.3 is 0 Å². The SMILES string of the molecule is SSC[SeH]. The van der Waals surface area contributed by atoms with Crippen LogP contribution in [0.15, 0.2) is 0 Å². The molecule has 0 spiro atoms. The first-order valence-electron chi connectivity index (χ1n) is 0.787. The molecule has 0 fully saturated rings. The van der Waals surface area contributed by atoms with Crippen LogP contribution in [0.5, 0.6) is 0 Å². The minimum absolute atomic E-state index is 1.04. The molecule has 4 heavy (non-hydrogen) atoms. The predicted molar refractivity (Wildman–Crippen MR) is 28.6 cm³/mol. The van der Waals surface area contributed by atoms with E-state index in [0.29, 0.717) is 0 Å². The molecule has 0 bridgehead atoms. The van der Waals surface area contributed by atoms with Crippen molar-refractivity contribution >= 4 is 38.5 Å². The van der Waals surface area contributed by atoms with Gasteiger partial charge in [-0.25, -0.2) is 0 Å². The fourth-order valence-electron chi connectivity index (χ4n) is 0. The monoisotopic (exact) mass is 160 g/mol. The van der Waals surface area contributed by atoms with E-state index < -0.39 is 0 Å². The topological polar surface area (TPSA) is 0 Å². The van der Waals surface area contributed by atoms with Crippen molar-refractivity contribution in [3.05, 3.63) is 0 Å². The second kappa shape index (κ2) is 4.22. The standard InChI is InChI=1S/CH4S2Se/c2-3-1-4/h2,4H,1H2. The van der Waals surface area contributed by atoms with Gasteiger partial charge in [0.2, 0.25) is 0 Å². The van der Waals surface area contributed by atoms with Gasteiger partial charge in [-0.15, -0.1) is 0 Å². The van der Waals surface area contributed by atoms with Crippen LogP contribution < -0.4 is 0 Å². The van der Waals surface area contributed by atoms with Gasteiger partial charge in [0.05, 0.1) is 0 Å². The molecule has 0 aliphatic heterocycles. The summed E-state index contributed by atoms with van der Waals surface area (Å²) >= 11 is 6.24. The molecule has 0 heterocycles. The third kappa shape index (κ3) is 3.22. The molecule has 0 aromatic heterocycles. The molecular formula is CH4S2Se. The average Bonchev–Trinajstić information content (AvgIpc) is 1.37. The molecule has 0 aliphatic rings. The van der Waals surface area contributed by atoms with E-state index in [-0.39, 0.29) is 0 Å². The van der Waals surface area contributed by atoms with Crippen molar-refractivity contribution in [1.29, 1.82) is 0 Å². The summed E-state index contributed by atoms with van der Waals surface area (Å²) in [5.74, 6) is 0. The third-order valence-corrected chi connectivity index (χ3v) is 2.70. The Kier molecular flexibility index (Phi) is 5.51. The van der Waals surface area contributed by atoms with Crippen molar-refractivity contribution in [2.24, 2.45) is 0 Å². The fraction of sp³-hybridized carbons (Fsp3) is 1.00. The molecule has 0 radical (unpaired) electrons. The summed E-state index contributed by atoms with van der Waals surface area (Å²) in [5.41, 5.74) is 0. The maximum atomic E-state index is 3.82. The zero-order valence-electron chi connectivity index (χ0n) is 2.01. The Labute approximate surface area is 43.4 Å². The molecule has 0 unspecified atom stereocenters. The Morgan fingerprint density at radius 2 is 2.25 bits per heavy atom. The molecule has 0 amide bonds. The molecule has 0 saturated heterocycles. The zero-order chi connectivity index (χ0) is 3.41. The van der Waals surface area contributed by atoms with Crippen LogP contribution in [-0.4, -0.2) is 20.7 Å². The molecular weight excluding hydrogens is 155 g/mol. The first-order chi connectivity index (χ1) is 1.91. The van der Waals surface area contributed by atoms with Crippen LogP contribution in [0, 0.1) is 0 Å². The first-order valence-corrected chi connectivity index (χ1v) is 4.15. The molecule has 0 aromatic rings. The van der Waals surface area contributed by atoms with Crippen LogP contribution in [-0.2, 0) is 0 Å². The van der Waals surface area contributed by atoms with Crippen molar-refractivity contribution in [1.82, 2.24) is 0 Å². The van der Waals surface area contributed by atoms with Gasteiger partial charge in [-0.05, 0) is 0 Å². The normalized spacial score (nSPS) is 7.50. The molecule has 0 N–H and O–H groups in total. The van der Waals surface area contributed by atoms with Gasteiger partial charge in [-0.2, -0.15) is 0 Å². The Balaban J connectivity index is 1.97. The first kappa shape index (κ1) is 5.22. The van der Waals surface area contributed by atoms with Gasteiger partial charge in [0.25, 0.3) is 0 Å². The van der Waals surface area contributed by atoms with E-state index in [1.807, 2.05) is 0 Å². The van der Waals surface area contributed by atoms with Gasteiger partial charge in [0.1, 0.15) is 0 Å². The maximum absolute atomic E-state index is 3.82. The summed E-state index contributed by atoms with van der Waals surface area (Å²) in [6, 6.07) is 0. The molecule has 0 aromatic carbocycles. The average molecular weight is 159 g/mol. The van der Waals surface area contributed by atoms with E-state index in [1.165, 1.54) is 10.8 Å². The summed E-state index contributed by atoms with van der Waals surface area (Å²) in [7, 11) is 1.52. The van der Waals surface area contributed by atoms with Crippen LogP contribution in [0.25, 0.3) is 0 Å². The molecule has 0 nitrogen and oxygen atoms in total. The van der Waals surface area contributed by atoms with Gasteiger partial charge in [-0.1, -0.05) is 0 Å². The Morgan fingerprint density at radius 3 is 2.25 bits per heavy atom. The van der Waals surface area contributed by atoms with Crippen molar-refractivity contribution in [2.75, 3.05) is 4.65 Å². The zero-order valence-corrected chi connectivity index (χ0v) is 5.60. The van der Waals surface area contributed by atoms with E-state index in [1.54, 1.807) is 0 Å². The second-order valence-electron chi connectivity index (χ2n) is 0.258. The van der Waals surface area contributed by atoms with Gasteiger partial charge >= 0.3 is 43.1 Å². The Bertz CT molecular complexity index is 8.00. The Morgan fingerprint density at radius 1 is 2.00 bits per heavy atom. The summed E-state index contributed by atoms with van der Waals surface area (Å²) < 4.78 is 1.04. The van der Waals surface area contributed by atoms with Crippen molar-refractivity contribution < 1.29 is 0 Å². The molecule has 26 valence electrons. The van der Waals surface area contributed by atoms with E-state index >= 15 is 0 Å². The van der Waals surface area contributed by atoms with Crippen molar-refractivity contribution in [3.8, 4) is 0 Å². The summed E-state index contributed by atoms with van der Waals surface area (Å²) in [6.45, 7) is 0. The van der Waals surface area contributed by atoms with E-state index in [2.05, 4.69) is 27.7 Å². The predicted octanol–water partition coefficient (Wildman–Crippen LogP) is 0.423. The number of hydrogen-bond acceptors (Lipinski definition) is 2. The molecule has 0 rings (SSSR count). The van der Waals surface area contributed by atoms with E-state index in [4.69, 9.17) is 0 Å². The van der Waals surface area contributed by atoms with Gasteiger partial charge in [0, 0.05) is 0 Å². The summed E-state index contributed by atoms with van der Waals surface area (Å²) in [4.78, 5) is 0. The summed E-state index contributed by atoms with van der Waals surface area (Å²) in [6.07, 6.45) is 0. The van der Waals surface area contributed by atoms with Gasteiger partial charge in [0.15, 0.2) is 0 Å². The van der Waals surface area contributed by atoms with E-state index in [0.717, 1.165) is 4.65 Å². The van der Waals surface area contributed by atoms with Crippen LogP contribution in [0.3, 0.4) is 0 Å². The Hall–Kier alpha value is 1.22. The molecule has 0 aliphatic carbocycles. The summed E-state index contributed by atoms with van der Waals surface area (Å²) in [5, 5.41) is 0. The minimum atomic E-state index is 1.04. The van der Waals surface area contributed by atoms with Crippen LogP contribution in [0.1, 0.15) is 0 Å². The van der Waals surface area contributed by atoms with Crippen LogP contribution in [0.2, 0.25) is 0 Å². The number of hydrogen-bond donors (Lipinski definition) is 1. The molecule has 3 heteroatoms. The van der Waals surface area contributed by atoms with Crippen LogP contribution in [0.4, 0.5) is 0 Å². The number of rotatable bonds is 1. The van der Waals surface area contributed by atoms with Crippen molar-refractivity contribution in [2.45, 2.75) is 0 Å². The number of thiol groups is 1. The van der Waals surface area contributed by atoms with Gasteiger partial charge in [-0.3, -0.25) is 0 Å². The molecule has 0 saturated carbocycles. The third-order valence-electron chi connectivity index (χ3n) is 0.0577.